The first kappa shape index (κ1) is 21.0. The molecule has 29 heavy (non-hydrogen) atoms. The fourth-order valence-corrected chi connectivity index (χ4v) is 4.46. The maximum atomic E-state index is 11.9. The second kappa shape index (κ2) is 6.65. The van der Waals surface area contributed by atoms with Gasteiger partial charge in [-0.15, -0.1) is 0 Å². The highest BCUT2D eigenvalue weighted by Gasteiger charge is 2.26. The van der Waals surface area contributed by atoms with E-state index in [9.17, 15) is 38.9 Å². The molecule has 0 aliphatic carbocycles. The molecule has 1 aromatic heterocycles. The van der Waals surface area contributed by atoms with Crippen molar-refractivity contribution in [2.24, 2.45) is 0 Å². The fraction of sp³-hybridized carbons (Fsp3) is 0. The smallest absolute Gasteiger partial charge is 0.295 e. The van der Waals surface area contributed by atoms with Gasteiger partial charge in [0, 0.05) is 10.9 Å². The molecule has 16 heteroatoms. The molecule has 0 aliphatic rings. The van der Waals surface area contributed by atoms with Crippen molar-refractivity contribution < 1.29 is 38.9 Å². The van der Waals surface area contributed by atoms with E-state index in [1.165, 1.54) is 0 Å². The highest BCUT2D eigenvalue weighted by Crippen LogP contribution is 2.36. The zero-order valence-electron chi connectivity index (χ0n) is 13.8. The fourth-order valence-electron chi connectivity index (χ4n) is 2.54. The Morgan fingerprint density at radius 1 is 0.759 bits per heavy atom. The summed E-state index contributed by atoms with van der Waals surface area (Å²) >= 11 is 0. The molecule has 0 fully saturated rings. The quantitative estimate of drug-likeness (QED) is 0.375. The molecule has 1 heterocycles. The Morgan fingerprint density at radius 3 is 1.79 bits per heavy atom. The van der Waals surface area contributed by atoms with Gasteiger partial charge in [-0.25, -0.2) is 9.97 Å². The Hall–Kier alpha value is -2.76. The molecule has 0 saturated heterocycles. The predicted molar refractivity (Wildman–Crippen MR) is 96.6 cm³/mol. The SMILES string of the molecule is Nc1ncnc(-c2cc(S(=O)(=O)O)cc3cc(S(=O)(=O)O)cc(S(=O)(=O)O)c23)n1. The molecule has 0 amide bonds. The van der Waals surface area contributed by atoms with Gasteiger partial charge in [0.25, 0.3) is 30.4 Å². The van der Waals surface area contributed by atoms with Crippen LogP contribution in [-0.2, 0) is 30.4 Å². The number of benzene rings is 2. The number of aromatic nitrogens is 3. The molecular weight excluding hydrogens is 452 g/mol. The monoisotopic (exact) mass is 462 g/mol. The summed E-state index contributed by atoms with van der Waals surface area (Å²) in [5.74, 6) is -0.652. The Kier molecular flexibility index (Phi) is 4.80. The standard InChI is InChI=1S/C13H10N4O9S3/c14-13-16-5-15-12(17-13)9-3-7(27(18,19)20)1-6-2-8(28(21,22)23)4-10(11(6)9)29(24,25)26/h1-5H,(H,18,19,20)(H,21,22,23)(H,24,25,26)(H2,14,15,16,17). The predicted octanol–water partition coefficient (Wildman–Crippen LogP) is 0.0141. The molecule has 3 rings (SSSR count). The third-order valence-electron chi connectivity index (χ3n) is 3.66. The van der Waals surface area contributed by atoms with Gasteiger partial charge in [-0.3, -0.25) is 13.7 Å². The number of hydrogen-bond acceptors (Lipinski definition) is 10. The van der Waals surface area contributed by atoms with E-state index in [-0.39, 0.29) is 17.3 Å². The summed E-state index contributed by atoms with van der Waals surface area (Å²) in [5.41, 5.74) is 5.12. The number of hydrogen-bond donors (Lipinski definition) is 4. The maximum absolute atomic E-state index is 11.9. The van der Waals surface area contributed by atoms with Crippen molar-refractivity contribution in [1.82, 2.24) is 15.0 Å². The van der Waals surface area contributed by atoms with E-state index < -0.39 is 55.8 Å². The van der Waals surface area contributed by atoms with Crippen molar-refractivity contribution in [2.75, 3.05) is 5.73 Å². The summed E-state index contributed by atoms with van der Waals surface area (Å²) in [5, 5.41) is -0.783. The highest BCUT2D eigenvalue weighted by molar-refractivity contribution is 7.87. The molecule has 0 spiro atoms. The Labute approximate surface area is 163 Å². The van der Waals surface area contributed by atoms with Gasteiger partial charge in [-0.2, -0.15) is 30.2 Å². The number of anilines is 1. The van der Waals surface area contributed by atoms with E-state index in [1.807, 2.05) is 0 Å². The van der Waals surface area contributed by atoms with E-state index in [1.54, 1.807) is 0 Å². The molecule has 13 nitrogen and oxygen atoms in total. The van der Waals surface area contributed by atoms with Crippen molar-refractivity contribution in [3.05, 3.63) is 30.6 Å². The Bertz CT molecular complexity index is 1480. The second-order valence-electron chi connectivity index (χ2n) is 5.58. The largest absolute Gasteiger partial charge is 0.368 e. The Balaban J connectivity index is 2.65. The van der Waals surface area contributed by atoms with Gasteiger partial charge >= 0.3 is 0 Å². The molecule has 0 radical (unpaired) electrons. The minimum absolute atomic E-state index is 0.316. The molecule has 0 aliphatic heterocycles. The summed E-state index contributed by atoms with van der Waals surface area (Å²) in [4.78, 5) is 8.33. The molecule has 5 N–H and O–H groups in total. The van der Waals surface area contributed by atoms with Crippen LogP contribution < -0.4 is 5.73 Å². The third kappa shape index (κ3) is 4.16. The number of nitrogen functional groups attached to an aromatic ring is 1. The number of rotatable bonds is 4. The summed E-state index contributed by atoms with van der Waals surface area (Å²) in [6, 6.07) is 2.74. The lowest BCUT2D eigenvalue weighted by atomic mass is 10.0. The van der Waals surface area contributed by atoms with Crippen LogP contribution in [0.4, 0.5) is 5.95 Å². The van der Waals surface area contributed by atoms with E-state index in [0.717, 1.165) is 24.5 Å². The van der Waals surface area contributed by atoms with Gasteiger partial charge in [-0.1, -0.05) is 0 Å². The van der Waals surface area contributed by atoms with Crippen LogP contribution >= 0.6 is 0 Å². The van der Waals surface area contributed by atoms with Crippen LogP contribution in [0.15, 0.2) is 45.3 Å². The number of nitrogens with zero attached hydrogens (tertiary/aromatic N) is 3. The lowest BCUT2D eigenvalue weighted by Crippen LogP contribution is -2.07. The molecular formula is C13H10N4O9S3. The van der Waals surface area contributed by atoms with Gasteiger partial charge in [0.15, 0.2) is 5.82 Å². The lowest BCUT2D eigenvalue weighted by molar-refractivity contribution is 0.480. The first-order valence-corrected chi connectivity index (χ1v) is 11.5. The minimum Gasteiger partial charge on any atom is -0.368 e. The average molecular weight is 462 g/mol. The lowest BCUT2D eigenvalue weighted by Gasteiger charge is -2.13. The molecule has 0 bridgehead atoms. The van der Waals surface area contributed by atoms with E-state index in [4.69, 9.17) is 5.73 Å². The van der Waals surface area contributed by atoms with Gasteiger partial charge in [-0.05, 0) is 29.7 Å². The van der Waals surface area contributed by atoms with Crippen LogP contribution in [0.5, 0.6) is 0 Å². The first-order valence-electron chi connectivity index (χ1n) is 7.17. The Morgan fingerprint density at radius 2 is 1.31 bits per heavy atom. The van der Waals surface area contributed by atoms with Gasteiger partial charge in [0.1, 0.15) is 11.2 Å². The first-order chi connectivity index (χ1) is 13.2. The van der Waals surface area contributed by atoms with Crippen molar-refractivity contribution in [3.63, 3.8) is 0 Å². The van der Waals surface area contributed by atoms with E-state index >= 15 is 0 Å². The number of nitrogens with two attached hydrogens (primary N) is 1. The zero-order chi connectivity index (χ0) is 21.8. The average Bonchev–Trinajstić information content (AvgIpc) is 2.57. The number of fused-ring (bicyclic) bond motifs is 1. The van der Waals surface area contributed by atoms with Crippen LogP contribution in [0.25, 0.3) is 22.2 Å². The highest BCUT2D eigenvalue weighted by atomic mass is 32.2. The van der Waals surface area contributed by atoms with Gasteiger partial charge < -0.3 is 5.73 Å². The summed E-state index contributed by atoms with van der Waals surface area (Å²) in [6.45, 7) is 0. The molecule has 2 aromatic carbocycles. The van der Waals surface area contributed by atoms with Gasteiger partial charge in [0.05, 0.1) is 9.79 Å². The molecule has 3 aromatic rings. The topological polar surface area (TPSA) is 228 Å². The second-order valence-corrected chi connectivity index (χ2v) is 9.82. The van der Waals surface area contributed by atoms with Gasteiger partial charge in [0.2, 0.25) is 5.95 Å². The van der Waals surface area contributed by atoms with Crippen molar-refractivity contribution in [3.8, 4) is 11.4 Å². The van der Waals surface area contributed by atoms with Crippen LogP contribution in [0.3, 0.4) is 0 Å². The molecule has 0 saturated carbocycles. The van der Waals surface area contributed by atoms with E-state index in [0.29, 0.717) is 6.07 Å². The third-order valence-corrected chi connectivity index (χ3v) is 6.21. The molecule has 0 atom stereocenters. The van der Waals surface area contributed by atoms with Crippen LogP contribution in [-0.4, -0.2) is 53.9 Å². The summed E-state index contributed by atoms with van der Waals surface area (Å²) < 4.78 is 98.3. The maximum Gasteiger partial charge on any atom is 0.295 e. The molecule has 154 valence electrons. The van der Waals surface area contributed by atoms with Crippen molar-refractivity contribution >= 4 is 47.1 Å². The van der Waals surface area contributed by atoms with Crippen LogP contribution in [0.1, 0.15) is 0 Å². The minimum atomic E-state index is -5.09. The normalized spacial score (nSPS) is 12.9. The van der Waals surface area contributed by atoms with E-state index in [2.05, 4.69) is 15.0 Å². The van der Waals surface area contributed by atoms with Crippen molar-refractivity contribution in [2.45, 2.75) is 14.7 Å². The summed E-state index contributed by atoms with van der Waals surface area (Å²) in [7, 11) is -14.9. The van der Waals surface area contributed by atoms with Crippen LogP contribution in [0, 0.1) is 0 Å². The van der Waals surface area contributed by atoms with Crippen molar-refractivity contribution in [1.29, 1.82) is 0 Å². The summed E-state index contributed by atoms with van der Waals surface area (Å²) in [6.07, 6.45) is 0.934. The van der Waals surface area contributed by atoms with Crippen LogP contribution in [0.2, 0.25) is 0 Å². The zero-order valence-corrected chi connectivity index (χ0v) is 16.3. The molecule has 0 unspecified atom stereocenters.